The second-order valence-electron chi connectivity index (χ2n) is 9.33. The quantitative estimate of drug-likeness (QED) is 0.722. The molecule has 29 heavy (non-hydrogen) atoms. The van der Waals surface area contributed by atoms with Crippen molar-refractivity contribution in [2.75, 3.05) is 0 Å². The summed E-state index contributed by atoms with van der Waals surface area (Å²) in [6, 6.07) is 7.85. The minimum atomic E-state index is -0.883. The molecule has 2 atom stereocenters. The Labute approximate surface area is 171 Å². The molecule has 4 saturated carbocycles. The Bertz CT molecular complexity index is 756. The largest absolute Gasteiger partial charge is 0.451 e. The van der Waals surface area contributed by atoms with Gasteiger partial charge in [-0.05, 0) is 82.3 Å². The van der Waals surface area contributed by atoms with Gasteiger partial charge in [0.2, 0.25) is 0 Å². The molecule has 0 heterocycles. The number of esters is 1. The molecule has 0 spiro atoms. The fourth-order valence-corrected chi connectivity index (χ4v) is 5.88. The van der Waals surface area contributed by atoms with Crippen molar-refractivity contribution in [2.45, 2.75) is 70.1 Å². The fourth-order valence-electron chi connectivity index (χ4n) is 5.88. The maximum absolute atomic E-state index is 12.8. The molecule has 4 aliphatic rings. The molecule has 4 fully saturated rings. The van der Waals surface area contributed by atoms with Gasteiger partial charge in [0.1, 0.15) is 6.04 Å². The van der Waals surface area contributed by atoms with E-state index in [0.29, 0.717) is 5.56 Å². The number of hydrogen-bond acceptors (Lipinski definition) is 4. The molecule has 156 valence electrons. The van der Waals surface area contributed by atoms with E-state index in [2.05, 4.69) is 10.6 Å². The third-order valence-electron chi connectivity index (χ3n) is 6.83. The van der Waals surface area contributed by atoms with Crippen LogP contribution in [0.1, 0.15) is 62.7 Å². The van der Waals surface area contributed by atoms with Gasteiger partial charge in [0.05, 0.1) is 0 Å². The molecule has 2 amide bonds. The monoisotopic (exact) mass is 398 g/mol. The molecule has 2 N–H and O–H groups in total. The van der Waals surface area contributed by atoms with Crippen LogP contribution < -0.4 is 10.6 Å². The Kier molecular flexibility index (Phi) is 5.36. The zero-order chi connectivity index (χ0) is 20.6. The molecular weight excluding hydrogens is 368 g/mol. The van der Waals surface area contributed by atoms with Crippen LogP contribution in [0.15, 0.2) is 30.3 Å². The first-order valence-electron chi connectivity index (χ1n) is 10.7. The van der Waals surface area contributed by atoms with Gasteiger partial charge in [-0.2, -0.15) is 0 Å². The number of carbonyl (C=O) groups excluding carboxylic acids is 3. The van der Waals surface area contributed by atoms with Gasteiger partial charge in [-0.3, -0.25) is 9.59 Å². The molecule has 1 aromatic rings. The molecule has 4 bridgehead atoms. The molecule has 0 unspecified atom stereocenters. The minimum Gasteiger partial charge on any atom is -0.451 e. The number of benzene rings is 1. The maximum atomic E-state index is 12.8. The molecule has 5 rings (SSSR count). The molecule has 0 aromatic heterocycles. The third-order valence-corrected chi connectivity index (χ3v) is 6.83. The standard InChI is InChI=1S/C23H30N2O4/c1-14(24-21(27)19-6-4-3-5-7-19)22(28)29-15(2)20(26)25-23-11-16-8-17(12-23)10-18(9-16)13-23/h3-7,14-18H,8-13H2,1-2H3,(H,24,27)(H,25,26)/t14-,15-,16?,17?,18?,23?/m0/s1. The van der Waals surface area contributed by atoms with Crippen LogP contribution in [0.25, 0.3) is 0 Å². The van der Waals surface area contributed by atoms with Gasteiger partial charge in [0.25, 0.3) is 11.8 Å². The van der Waals surface area contributed by atoms with Crippen LogP contribution in [0.3, 0.4) is 0 Å². The molecule has 0 saturated heterocycles. The van der Waals surface area contributed by atoms with E-state index in [4.69, 9.17) is 4.74 Å². The summed E-state index contributed by atoms with van der Waals surface area (Å²) in [5, 5.41) is 5.85. The van der Waals surface area contributed by atoms with Crippen LogP contribution in [0.2, 0.25) is 0 Å². The van der Waals surface area contributed by atoms with E-state index in [1.54, 1.807) is 38.1 Å². The molecule has 6 heteroatoms. The Morgan fingerprint density at radius 1 is 0.966 bits per heavy atom. The van der Waals surface area contributed by atoms with Crippen molar-refractivity contribution in [2.24, 2.45) is 17.8 Å². The van der Waals surface area contributed by atoms with Gasteiger partial charge < -0.3 is 15.4 Å². The summed E-state index contributed by atoms with van der Waals surface area (Å²) in [5.41, 5.74) is 0.361. The second-order valence-corrected chi connectivity index (χ2v) is 9.33. The SMILES string of the molecule is C[C@H](NC(=O)c1ccccc1)C(=O)O[C@@H](C)C(=O)NC12CC3CC(CC(C3)C1)C2. The highest BCUT2D eigenvalue weighted by Gasteiger charge is 2.51. The van der Waals surface area contributed by atoms with E-state index in [-0.39, 0.29) is 17.4 Å². The average Bonchev–Trinajstić information content (AvgIpc) is 2.67. The van der Waals surface area contributed by atoms with Crippen molar-refractivity contribution in [3.63, 3.8) is 0 Å². The van der Waals surface area contributed by atoms with Crippen LogP contribution >= 0.6 is 0 Å². The zero-order valence-corrected chi connectivity index (χ0v) is 17.1. The summed E-state index contributed by atoms with van der Waals surface area (Å²) in [6.07, 6.45) is 6.18. The first kappa shape index (κ1) is 19.9. The highest BCUT2D eigenvalue weighted by atomic mass is 16.5. The minimum absolute atomic E-state index is 0.111. The summed E-state index contributed by atoms with van der Waals surface area (Å²) < 4.78 is 5.36. The molecule has 1 aromatic carbocycles. The van der Waals surface area contributed by atoms with Gasteiger partial charge >= 0.3 is 5.97 Å². The first-order chi connectivity index (χ1) is 13.8. The van der Waals surface area contributed by atoms with E-state index >= 15 is 0 Å². The molecule has 0 aliphatic heterocycles. The summed E-state index contributed by atoms with van der Waals surface area (Å²) in [5.74, 6) is 0.998. The molecule has 4 aliphatic carbocycles. The van der Waals surface area contributed by atoms with Crippen molar-refractivity contribution < 1.29 is 19.1 Å². The van der Waals surface area contributed by atoms with Gasteiger partial charge in [-0.25, -0.2) is 4.79 Å². The van der Waals surface area contributed by atoms with E-state index in [1.807, 2.05) is 6.07 Å². The summed E-state index contributed by atoms with van der Waals surface area (Å²) in [6.45, 7) is 3.16. The fraction of sp³-hybridized carbons (Fsp3) is 0.609. The topological polar surface area (TPSA) is 84.5 Å². The number of nitrogens with one attached hydrogen (secondary N) is 2. The number of rotatable bonds is 6. The number of amides is 2. The lowest BCUT2D eigenvalue weighted by molar-refractivity contribution is -0.158. The lowest BCUT2D eigenvalue weighted by Gasteiger charge is -2.57. The predicted octanol–water partition coefficient (Wildman–Crippen LogP) is 2.82. The summed E-state index contributed by atoms with van der Waals surface area (Å²) >= 11 is 0. The van der Waals surface area contributed by atoms with E-state index in [9.17, 15) is 14.4 Å². The van der Waals surface area contributed by atoms with Crippen LogP contribution in [-0.4, -0.2) is 35.5 Å². The normalized spacial score (nSPS) is 31.6. The Morgan fingerprint density at radius 3 is 2.07 bits per heavy atom. The van der Waals surface area contributed by atoms with Gasteiger partial charge in [0.15, 0.2) is 6.10 Å². The lowest BCUT2D eigenvalue weighted by atomic mass is 9.53. The lowest BCUT2D eigenvalue weighted by Crippen LogP contribution is -2.61. The van der Waals surface area contributed by atoms with Crippen molar-refractivity contribution in [1.29, 1.82) is 0 Å². The van der Waals surface area contributed by atoms with Gasteiger partial charge in [0, 0.05) is 11.1 Å². The van der Waals surface area contributed by atoms with Crippen LogP contribution in [0.4, 0.5) is 0 Å². The van der Waals surface area contributed by atoms with Crippen molar-refractivity contribution in [3.05, 3.63) is 35.9 Å². The third kappa shape index (κ3) is 4.31. The Hall–Kier alpha value is -2.37. The summed E-state index contributed by atoms with van der Waals surface area (Å²) in [4.78, 5) is 37.3. The first-order valence-corrected chi connectivity index (χ1v) is 10.7. The van der Waals surface area contributed by atoms with E-state index in [0.717, 1.165) is 37.0 Å². The zero-order valence-electron chi connectivity index (χ0n) is 17.1. The van der Waals surface area contributed by atoms with Crippen molar-refractivity contribution in [3.8, 4) is 0 Å². The number of ether oxygens (including phenoxy) is 1. The van der Waals surface area contributed by atoms with Gasteiger partial charge in [-0.1, -0.05) is 18.2 Å². The second kappa shape index (κ2) is 7.81. The predicted molar refractivity (Wildman–Crippen MR) is 108 cm³/mol. The highest BCUT2D eigenvalue weighted by molar-refractivity contribution is 5.96. The molecule has 6 nitrogen and oxygen atoms in total. The van der Waals surface area contributed by atoms with Crippen molar-refractivity contribution >= 4 is 17.8 Å². The Balaban J connectivity index is 1.29. The maximum Gasteiger partial charge on any atom is 0.329 e. The number of hydrogen-bond donors (Lipinski definition) is 2. The summed E-state index contributed by atoms with van der Waals surface area (Å²) in [7, 11) is 0. The van der Waals surface area contributed by atoms with E-state index in [1.165, 1.54) is 19.3 Å². The van der Waals surface area contributed by atoms with Crippen LogP contribution in [-0.2, 0) is 14.3 Å². The van der Waals surface area contributed by atoms with Crippen molar-refractivity contribution in [1.82, 2.24) is 10.6 Å². The smallest absolute Gasteiger partial charge is 0.329 e. The van der Waals surface area contributed by atoms with Crippen LogP contribution in [0.5, 0.6) is 0 Å². The van der Waals surface area contributed by atoms with E-state index < -0.39 is 18.1 Å². The Morgan fingerprint density at radius 2 is 1.52 bits per heavy atom. The average molecular weight is 399 g/mol. The molecule has 0 radical (unpaired) electrons. The number of carbonyl (C=O) groups is 3. The highest BCUT2D eigenvalue weighted by Crippen LogP contribution is 2.55. The van der Waals surface area contributed by atoms with Crippen LogP contribution in [0, 0.1) is 17.8 Å². The van der Waals surface area contributed by atoms with Gasteiger partial charge in [-0.15, -0.1) is 0 Å². The molecular formula is C23H30N2O4.